The number of aliphatic hydroxyl groups excluding tert-OH is 1. The van der Waals surface area contributed by atoms with Gasteiger partial charge in [-0.15, -0.1) is 4.74 Å². The number of H-pyrrole nitrogens is 1. The summed E-state index contributed by atoms with van der Waals surface area (Å²) in [6.45, 7) is 9.06. The van der Waals surface area contributed by atoms with Crippen LogP contribution in [-0.2, 0) is 13.1 Å². The minimum atomic E-state index is -0.765. The number of benzene rings is 2. The molecule has 2 aromatic carbocycles. The van der Waals surface area contributed by atoms with E-state index in [1.165, 1.54) is 5.56 Å². The third-order valence-electron chi connectivity index (χ3n) is 6.26. The molecule has 9 nitrogen and oxygen atoms in total. The van der Waals surface area contributed by atoms with Gasteiger partial charge in [0.2, 0.25) is 5.88 Å². The van der Waals surface area contributed by atoms with E-state index in [2.05, 4.69) is 40.4 Å². The summed E-state index contributed by atoms with van der Waals surface area (Å²) in [6.07, 6.45) is 0.154. The van der Waals surface area contributed by atoms with Gasteiger partial charge in [0.05, 0.1) is 19.3 Å². The van der Waals surface area contributed by atoms with Crippen LogP contribution in [0.25, 0.3) is 11.1 Å². The molecule has 0 saturated carbocycles. The molecule has 9 heteroatoms. The molecule has 0 radical (unpaired) electrons. The van der Waals surface area contributed by atoms with Crippen LogP contribution < -0.4 is 21.5 Å². The third-order valence-corrected chi connectivity index (χ3v) is 6.26. The SMILES string of the molecule is Cc1cc(-c2cccc(CNc3ccc(Cn4oc(=O)[nH]c4=O)cc3)c2C)c(C)nc1OCC[C@@H](C)O. The number of hydrogen-bond donors (Lipinski definition) is 3. The molecule has 2 aromatic heterocycles. The highest BCUT2D eigenvalue weighted by Crippen LogP contribution is 2.31. The van der Waals surface area contributed by atoms with Gasteiger partial charge in [0.15, 0.2) is 0 Å². The molecular weight excluding hydrogens is 472 g/mol. The van der Waals surface area contributed by atoms with Gasteiger partial charge in [-0.2, -0.15) is 0 Å². The molecule has 0 bridgehead atoms. The Balaban J connectivity index is 1.45. The lowest BCUT2D eigenvalue weighted by Gasteiger charge is -2.17. The Morgan fingerprint density at radius 2 is 1.86 bits per heavy atom. The first-order valence-electron chi connectivity index (χ1n) is 12.2. The molecule has 0 aliphatic carbocycles. The minimum absolute atomic E-state index is 0.177. The average Bonchev–Trinajstić information content (AvgIpc) is 3.17. The summed E-state index contributed by atoms with van der Waals surface area (Å²) in [6, 6.07) is 16.0. The number of nitrogens with zero attached hydrogens (tertiary/aromatic N) is 2. The molecule has 0 saturated heterocycles. The van der Waals surface area contributed by atoms with Gasteiger partial charge >= 0.3 is 11.4 Å². The Bertz CT molecular complexity index is 1480. The Morgan fingerprint density at radius 1 is 1.11 bits per heavy atom. The molecule has 0 aliphatic rings. The summed E-state index contributed by atoms with van der Waals surface area (Å²) in [5.41, 5.74) is 7.56. The van der Waals surface area contributed by atoms with Crippen LogP contribution in [0.3, 0.4) is 0 Å². The van der Waals surface area contributed by atoms with Crippen LogP contribution in [0.2, 0.25) is 0 Å². The van der Waals surface area contributed by atoms with Crippen molar-refractivity contribution < 1.29 is 14.4 Å². The summed E-state index contributed by atoms with van der Waals surface area (Å²) < 4.78 is 11.6. The number of anilines is 1. The van der Waals surface area contributed by atoms with Crippen LogP contribution in [0.5, 0.6) is 5.88 Å². The second-order valence-electron chi connectivity index (χ2n) is 9.22. The van der Waals surface area contributed by atoms with Crippen molar-refractivity contribution in [3.8, 4) is 17.0 Å². The monoisotopic (exact) mass is 504 g/mol. The number of nitrogens with one attached hydrogen (secondary N) is 2. The molecule has 1 atom stereocenters. The zero-order chi connectivity index (χ0) is 26.5. The summed E-state index contributed by atoms with van der Waals surface area (Å²) >= 11 is 0. The van der Waals surface area contributed by atoms with Gasteiger partial charge in [-0.25, -0.2) is 19.6 Å². The zero-order valence-electron chi connectivity index (χ0n) is 21.5. The molecule has 3 N–H and O–H groups in total. The summed E-state index contributed by atoms with van der Waals surface area (Å²) in [5.74, 6) is -0.164. The standard InChI is InChI=1S/C28H32N4O5/c1-17-14-25(20(4)30-26(17)36-13-12-18(2)33)24-7-5-6-22(19(24)3)15-29-23-10-8-21(9-11-23)16-32-27(34)31-28(35)37-32/h5-11,14,18,29,33H,12-13,15-16H2,1-4H3,(H,31,34,35)/t18-/m1/s1. The number of ether oxygens (including phenoxy) is 1. The molecule has 2 heterocycles. The van der Waals surface area contributed by atoms with Gasteiger partial charge in [-0.05, 0) is 68.1 Å². The average molecular weight is 505 g/mol. The van der Waals surface area contributed by atoms with Gasteiger partial charge in [-0.1, -0.05) is 30.3 Å². The number of aromatic amines is 1. The van der Waals surface area contributed by atoms with E-state index in [4.69, 9.17) is 9.26 Å². The second-order valence-corrected chi connectivity index (χ2v) is 9.22. The minimum Gasteiger partial charge on any atom is -0.477 e. The molecule has 0 aliphatic heterocycles. The lowest BCUT2D eigenvalue weighted by molar-refractivity contribution is 0.153. The molecule has 37 heavy (non-hydrogen) atoms. The van der Waals surface area contributed by atoms with Crippen LogP contribution in [0.15, 0.2) is 62.6 Å². The zero-order valence-corrected chi connectivity index (χ0v) is 21.5. The Kier molecular flexibility index (Phi) is 7.93. The van der Waals surface area contributed by atoms with Crippen molar-refractivity contribution in [1.29, 1.82) is 0 Å². The predicted octanol–water partition coefficient (Wildman–Crippen LogP) is 3.93. The van der Waals surface area contributed by atoms with Gasteiger partial charge in [0.1, 0.15) is 0 Å². The summed E-state index contributed by atoms with van der Waals surface area (Å²) in [7, 11) is 0. The number of aromatic nitrogens is 3. The van der Waals surface area contributed by atoms with Crippen molar-refractivity contribution in [3.05, 3.63) is 97.5 Å². The number of aryl methyl sites for hydroxylation is 2. The van der Waals surface area contributed by atoms with E-state index in [-0.39, 0.29) is 6.54 Å². The van der Waals surface area contributed by atoms with Crippen molar-refractivity contribution in [2.45, 2.75) is 53.3 Å². The Morgan fingerprint density at radius 3 is 2.54 bits per heavy atom. The maximum atomic E-state index is 11.6. The van der Waals surface area contributed by atoms with Gasteiger partial charge in [0, 0.05) is 35.5 Å². The molecule has 194 valence electrons. The molecular formula is C28H32N4O5. The molecule has 0 amide bonds. The van der Waals surface area contributed by atoms with Crippen LogP contribution in [0, 0.1) is 20.8 Å². The highest BCUT2D eigenvalue weighted by molar-refractivity contribution is 5.71. The summed E-state index contributed by atoms with van der Waals surface area (Å²) in [5, 5.41) is 12.9. The van der Waals surface area contributed by atoms with E-state index >= 15 is 0 Å². The first kappa shape index (κ1) is 26.0. The number of pyridine rings is 1. The van der Waals surface area contributed by atoms with Crippen molar-refractivity contribution in [2.75, 3.05) is 11.9 Å². The lowest BCUT2D eigenvalue weighted by atomic mass is 9.94. The number of aliphatic hydroxyl groups is 1. The molecule has 4 rings (SSSR count). The van der Waals surface area contributed by atoms with Crippen molar-refractivity contribution >= 4 is 5.69 Å². The van der Waals surface area contributed by atoms with Crippen LogP contribution >= 0.6 is 0 Å². The van der Waals surface area contributed by atoms with E-state index in [0.717, 1.165) is 43.9 Å². The fourth-order valence-electron chi connectivity index (χ4n) is 4.10. The first-order chi connectivity index (χ1) is 17.7. The van der Waals surface area contributed by atoms with Crippen LogP contribution in [-0.4, -0.2) is 32.5 Å². The van der Waals surface area contributed by atoms with Gasteiger partial charge in [0.25, 0.3) is 0 Å². The maximum absolute atomic E-state index is 11.6. The van der Waals surface area contributed by atoms with Crippen molar-refractivity contribution in [1.82, 2.24) is 14.7 Å². The maximum Gasteiger partial charge on any atom is 0.440 e. The van der Waals surface area contributed by atoms with Gasteiger partial charge < -0.3 is 19.7 Å². The van der Waals surface area contributed by atoms with E-state index < -0.39 is 17.5 Å². The largest absolute Gasteiger partial charge is 0.477 e. The quantitative estimate of drug-likeness (QED) is 0.299. The third kappa shape index (κ3) is 6.37. The Hall–Kier alpha value is -4.11. The molecule has 4 aromatic rings. The van der Waals surface area contributed by atoms with E-state index in [1.54, 1.807) is 6.92 Å². The summed E-state index contributed by atoms with van der Waals surface area (Å²) in [4.78, 5) is 29.6. The van der Waals surface area contributed by atoms with Crippen molar-refractivity contribution in [2.24, 2.45) is 0 Å². The number of hydrogen-bond acceptors (Lipinski definition) is 7. The predicted molar refractivity (Wildman–Crippen MR) is 142 cm³/mol. The van der Waals surface area contributed by atoms with Gasteiger partial charge in [-0.3, -0.25) is 0 Å². The Labute approximate surface area is 214 Å². The lowest BCUT2D eigenvalue weighted by Crippen LogP contribution is -2.17. The van der Waals surface area contributed by atoms with E-state index in [1.807, 2.05) is 44.2 Å². The van der Waals surface area contributed by atoms with Crippen molar-refractivity contribution in [3.63, 3.8) is 0 Å². The van der Waals surface area contributed by atoms with Crippen LogP contribution in [0.1, 0.15) is 41.3 Å². The van der Waals surface area contributed by atoms with Crippen LogP contribution in [0.4, 0.5) is 5.69 Å². The fourth-order valence-corrected chi connectivity index (χ4v) is 4.10. The molecule has 0 fully saturated rings. The van der Waals surface area contributed by atoms with E-state index in [0.29, 0.717) is 25.5 Å². The number of rotatable bonds is 10. The first-order valence-corrected chi connectivity index (χ1v) is 12.2. The van der Waals surface area contributed by atoms with E-state index in [9.17, 15) is 14.7 Å². The molecule has 0 spiro atoms. The topological polar surface area (TPSA) is 122 Å². The highest BCUT2D eigenvalue weighted by atomic mass is 16.5. The molecule has 0 unspecified atom stereocenters. The second kappa shape index (κ2) is 11.3. The smallest absolute Gasteiger partial charge is 0.440 e. The fraction of sp³-hybridized carbons (Fsp3) is 0.321. The normalized spacial score (nSPS) is 11.9. The highest BCUT2D eigenvalue weighted by Gasteiger charge is 2.13.